The van der Waals surface area contributed by atoms with Crippen LogP contribution in [0.15, 0.2) is 0 Å². The standard InChI is InChI=1S/C37H67N3O.CH4.2ClH/c1-27-36(8)34(6)21-20-31(3)29(32(34,4)26-35(36,7)41-37(27)17-11-14-24-40-37)16-18-30(2)25-28(15-19-33(30,31)5)39-23-13-10-9-12-22-38;;;/h27-29,39-40H,9-26,38H2,1-8H3;1H4;2*1H/p+1/t27-,28?,29?,30-,31+,32+,33-,34-,35+,36-,37-;;;/m0.../s1. The van der Waals surface area contributed by atoms with Crippen molar-refractivity contribution in [3.8, 4) is 0 Å². The maximum atomic E-state index is 7.52. The molecule has 11 atom stereocenters. The Labute approximate surface area is 285 Å². The number of hydrogen-bond acceptors (Lipinski definition) is 1. The molecular formula is C38H74Cl2N3O+. The normalized spacial score (nSPS) is 52.4. The molecule has 0 aromatic rings. The van der Waals surface area contributed by atoms with E-state index in [2.05, 4.69) is 71.8 Å². The molecule has 2 heterocycles. The summed E-state index contributed by atoms with van der Waals surface area (Å²) in [6.07, 6.45) is 20.7. The van der Waals surface area contributed by atoms with E-state index in [-0.39, 0.29) is 49.0 Å². The average molecular weight is 660 g/mol. The van der Waals surface area contributed by atoms with Crippen LogP contribution >= 0.6 is 0 Å². The summed E-state index contributed by atoms with van der Waals surface area (Å²) >= 11 is 0. The molecule has 7 N–H and O–H groups in total. The van der Waals surface area contributed by atoms with Gasteiger partial charge in [-0.3, -0.25) is 0 Å². The monoisotopic (exact) mass is 659 g/mol. The lowest BCUT2D eigenvalue weighted by molar-refractivity contribution is -0.783. The number of ether oxygens (including phenoxy) is 1. The molecular weight excluding hydrogens is 585 g/mol. The Hall–Kier alpha value is 0.420. The summed E-state index contributed by atoms with van der Waals surface area (Å²) in [7, 11) is 0. The van der Waals surface area contributed by atoms with Gasteiger partial charge in [-0.2, -0.15) is 0 Å². The first-order chi connectivity index (χ1) is 19.2. The largest absolute Gasteiger partial charge is 1.00 e. The van der Waals surface area contributed by atoms with E-state index in [1.807, 2.05) is 0 Å². The van der Waals surface area contributed by atoms with Crippen molar-refractivity contribution in [2.75, 3.05) is 19.6 Å². The lowest BCUT2D eigenvalue weighted by atomic mass is 9.31. The summed E-state index contributed by atoms with van der Waals surface area (Å²) < 4.78 is 7.52. The van der Waals surface area contributed by atoms with Gasteiger partial charge in [0, 0.05) is 24.2 Å². The van der Waals surface area contributed by atoms with Crippen LogP contribution in [-0.4, -0.2) is 37.0 Å². The van der Waals surface area contributed by atoms with E-state index in [1.54, 1.807) is 0 Å². The van der Waals surface area contributed by atoms with E-state index < -0.39 is 0 Å². The maximum Gasteiger partial charge on any atom is 0.203 e. The number of unbranched alkanes of at least 4 members (excludes halogenated alkanes) is 3. The Morgan fingerprint density at radius 1 is 0.795 bits per heavy atom. The molecule has 0 bridgehead atoms. The molecule has 0 aromatic heterocycles. The van der Waals surface area contributed by atoms with Crippen molar-refractivity contribution in [3.63, 3.8) is 0 Å². The van der Waals surface area contributed by atoms with Gasteiger partial charge in [0.25, 0.3) is 0 Å². The smallest absolute Gasteiger partial charge is 0.203 e. The molecule has 4 aliphatic carbocycles. The molecule has 260 valence electrons. The zero-order valence-electron chi connectivity index (χ0n) is 29.5. The molecule has 0 radical (unpaired) electrons. The molecule has 4 nitrogen and oxygen atoms in total. The van der Waals surface area contributed by atoms with Gasteiger partial charge in [0.05, 0.1) is 31.3 Å². The number of nitrogens with two attached hydrogens (primary N) is 2. The van der Waals surface area contributed by atoms with Crippen molar-refractivity contribution in [2.45, 2.75) is 176 Å². The second kappa shape index (κ2) is 12.7. The van der Waals surface area contributed by atoms with Gasteiger partial charge in [-0.05, 0) is 123 Å². The van der Waals surface area contributed by atoms with Gasteiger partial charge in [-0.1, -0.05) is 55.9 Å². The lowest BCUT2D eigenvalue weighted by Crippen LogP contribution is -3.00. The van der Waals surface area contributed by atoms with Crippen LogP contribution in [0.3, 0.4) is 0 Å². The van der Waals surface area contributed by atoms with Crippen molar-refractivity contribution in [3.05, 3.63) is 0 Å². The minimum atomic E-state index is -0.0169. The van der Waals surface area contributed by atoms with Gasteiger partial charge in [-0.25, -0.2) is 0 Å². The maximum absolute atomic E-state index is 7.52. The predicted octanol–water partition coefficient (Wildman–Crippen LogP) is 0.0626. The highest BCUT2D eigenvalue weighted by atomic mass is 35.5. The first-order valence-electron chi connectivity index (χ1n) is 18.4. The number of quaternary nitrogens is 3. The number of fused-ring (bicyclic) bond motifs is 7. The van der Waals surface area contributed by atoms with E-state index in [0.29, 0.717) is 33.0 Å². The van der Waals surface area contributed by atoms with Crippen molar-refractivity contribution in [1.82, 2.24) is 0 Å². The second-order valence-electron chi connectivity index (χ2n) is 18.3. The van der Waals surface area contributed by atoms with Crippen LogP contribution in [0.4, 0.5) is 0 Å². The molecule has 6 heteroatoms. The fraction of sp³-hybridized carbons (Fsp3) is 1.00. The van der Waals surface area contributed by atoms with Crippen molar-refractivity contribution >= 4 is 0 Å². The van der Waals surface area contributed by atoms with Crippen molar-refractivity contribution in [2.24, 2.45) is 44.3 Å². The highest BCUT2D eigenvalue weighted by Crippen LogP contribution is 2.85. The van der Waals surface area contributed by atoms with Gasteiger partial charge in [0.2, 0.25) is 5.72 Å². The van der Waals surface area contributed by atoms with Gasteiger partial charge >= 0.3 is 0 Å². The van der Waals surface area contributed by atoms with E-state index in [0.717, 1.165) is 18.5 Å². The van der Waals surface area contributed by atoms with Gasteiger partial charge < -0.3 is 45.9 Å². The van der Waals surface area contributed by atoms with Crippen molar-refractivity contribution < 1.29 is 45.9 Å². The third kappa shape index (κ3) is 4.78. The van der Waals surface area contributed by atoms with Crippen LogP contribution in [0.1, 0.15) is 159 Å². The second-order valence-corrected chi connectivity index (χ2v) is 18.3. The van der Waals surface area contributed by atoms with E-state index in [4.69, 9.17) is 4.74 Å². The molecule has 1 spiro atoms. The molecule has 6 aliphatic rings. The van der Waals surface area contributed by atoms with Gasteiger partial charge in [0.1, 0.15) is 0 Å². The fourth-order valence-corrected chi connectivity index (χ4v) is 14.3. The lowest BCUT2D eigenvalue weighted by Gasteiger charge is -2.73. The first kappa shape index (κ1) is 38.9. The van der Waals surface area contributed by atoms with Crippen LogP contribution in [0.25, 0.3) is 0 Å². The van der Waals surface area contributed by atoms with Crippen LogP contribution in [-0.2, 0) is 4.74 Å². The minimum Gasteiger partial charge on any atom is -1.00 e. The number of piperidine rings is 1. The summed E-state index contributed by atoms with van der Waals surface area (Å²) in [6, 6.07) is 0.839. The molecule has 2 unspecified atom stereocenters. The molecule has 6 rings (SSSR count). The van der Waals surface area contributed by atoms with Crippen LogP contribution in [0, 0.1) is 44.3 Å². The Morgan fingerprint density at radius 2 is 1.50 bits per heavy atom. The number of rotatable bonds is 7. The highest BCUT2D eigenvalue weighted by molar-refractivity contribution is 5.30. The summed E-state index contributed by atoms with van der Waals surface area (Å²) in [5.41, 5.74) is 6.26. The first-order valence-corrected chi connectivity index (χ1v) is 18.4. The van der Waals surface area contributed by atoms with Gasteiger partial charge in [0.15, 0.2) is 0 Å². The number of halogens is 2. The minimum absolute atomic E-state index is 0. The predicted molar refractivity (Wildman–Crippen MR) is 175 cm³/mol. The zero-order valence-corrected chi connectivity index (χ0v) is 31.0. The Morgan fingerprint density at radius 3 is 2.16 bits per heavy atom. The molecule has 44 heavy (non-hydrogen) atoms. The Kier molecular flexibility index (Phi) is 11.2. The fourth-order valence-electron chi connectivity index (χ4n) is 14.3. The molecule has 2 saturated heterocycles. The third-order valence-electron chi connectivity index (χ3n) is 17.4. The van der Waals surface area contributed by atoms with Crippen molar-refractivity contribution in [1.29, 1.82) is 0 Å². The summed E-state index contributed by atoms with van der Waals surface area (Å²) in [4.78, 5) is 0. The third-order valence-corrected chi connectivity index (χ3v) is 17.4. The quantitative estimate of drug-likeness (QED) is 0.333. The van der Waals surface area contributed by atoms with Crippen LogP contribution in [0.2, 0.25) is 0 Å². The topological polar surface area (TPSA) is 70.1 Å². The molecule has 0 aromatic carbocycles. The van der Waals surface area contributed by atoms with E-state index >= 15 is 0 Å². The molecule has 2 aliphatic heterocycles. The van der Waals surface area contributed by atoms with E-state index in [1.165, 1.54) is 109 Å². The van der Waals surface area contributed by atoms with Crippen LogP contribution in [0.5, 0.6) is 0 Å². The molecule has 0 amide bonds. The number of hydrogen-bond donors (Lipinski definition) is 3. The SMILES string of the molecule is C.C[C@H]1[C@@]2(C)[C@@]3(C)CC[C@]4(C)C(CC[C@@]5(C)CC([NH2+]CCCCCC[NH3+])CC[C@@]54C)[C@@]3(C)C[C@@]2(C)O[C@@]12CCCC[NH2+]2.[Cl-].[Cl-]. The van der Waals surface area contributed by atoms with Crippen LogP contribution < -0.4 is 41.2 Å². The Balaban J connectivity index is 0.00000176. The Bertz CT molecular complexity index is 1010. The average Bonchev–Trinajstić information content (AvgIpc) is 3.17. The highest BCUT2D eigenvalue weighted by Gasteiger charge is 2.84. The summed E-state index contributed by atoms with van der Waals surface area (Å²) in [6.45, 7) is 25.4. The molecule has 4 saturated carbocycles. The zero-order chi connectivity index (χ0) is 29.6. The van der Waals surface area contributed by atoms with E-state index in [9.17, 15) is 0 Å². The van der Waals surface area contributed by atoms with Gasteiger partial charge in [-0.15, -0.1) is 0 Å². The summed E-state index contributed by atoms with van der Waals surface area (Å²) in [5.74, 6) is 1.41. The summed E-state index contributed by atoms with van der Waals surface area (Å²) in [5, 5.41) is 5.40. The molecule has 6 fully saturated rings.